The van der Waals surface area contributed by atoms with E-state index in [0.29, 0.717) is 16.6 Å². The summed E-state index contributed by atoms with van der Waals surface area (Å²) in [7, 11) is 1.69. The molecule has 2 heterocycles. The monoisotopic (exact) mass is 613 g/mol. The number of thioether (sulfide) groups is 1. The lowest BCUT2D eigenvalue weighted by molar-refractivity contribution is -0.119. The van der Waals surface area contributed by atoms with Crippen LogP contribution in [0, 0.1) is 5.41 Å². The van der Waals surface area contributed by atoms with E-state index in [4.69, 9.17) is 34.5 Å². The van der Waals surface area contributed by atoms with Gasteiger partial charge in [0.25, 0.3) is 11.8 Å². The Morgan fingerprint density at radius 1 is 1.14 bits per heavy atom. The maximum absolute atomic E-state index is 12.8. The molecule has 1 atom stereocenters. The van der Waals surface area contributed by atoms with Gasteiger partial charge in [-0.2, -0.15) is 9.98 Å². The third-order valence-corrected chi connectivity index (χ3v) is 9.33. The molecular formula is C28H36ClN9O3S. The van der Waals surface area contributed by atoms with Crippen molar-refractivity contribution in [2.45, 2.75) is 43.0 Å². The summed E-state index contributed by atoms with van der Waals surface area (Å²) in [6.07, 6.45) is 7.42. The largest absolute Gasteiger partial charge is 0.515 e. The molecule has 1 saturated carbocycles. The molecule has 1 saturated heterocycles. The molecule has 224 valence electrons. The van der Waals surface area contributed by atoms with Crippen LogP contribution >= 0.6 is 23.4 Å². The zero-order valence-electron chi connectivity index (χ0n) is 23.3. The highest BCUT2D eigenvalue weighted by Crippen LogP contribution is 2.45. The summed E-state index contributed by atoms with van der Waals surface area (Å²) in [6, 6.07) is 10.1. The van der Waals surface area contributed by atoms with E-state index >= 15 is 0 Å². The second-order valence-corrected chi connectivity index (χ2v) is 11.8. The first-order valence-corrected chi connectivity index (χ1v) is 14.7. The number of aliphatic imine (C=N–C) groups is 1. The molecule has 0 unspecified atom stereocenters. The Labute approximate surface area is 253 Å². The number of carbonyl (C=O) groups is 2. The number of rotatable bonds is 6. The van der Waals surface area contributed by atoms with Gasteiger partial charge in [0.05, 0.1) is 17.0 Å². The van der Waals surface area contributed by atoms with Gasteiger partial charge in [0.15, 0.2) is 11.8 Å². The summed E-state index contributed by atoms with van der Waals surface area (Å²) in [4.78, 5) is 36.1. The zero-order chi connectivity index (χ0) is 30.4. The highest BCUT2D eigenvalue weighted by Gasteiger charge is 2.43. The molecule has 0 bridgehead atoms. The second kappa shape index (κ2) is 13.4. The zero-order valence-corrected chi connectivity index (χ0v) is 24.9. The van der Waals surface area contributed by atoms with Crippen LogP contribution in [-0.4, -0.2) is 51.5 Å². The molecule has 1 spiro atoms. The summed E-state index contributed by atoms with van der Waals surface area (Å²) in [5.74, 6) is -1.50. The van der Waals surface area contributed by atoms with Gasteiger partial charge in [0, 0.05) is 37.3 Å². The van der Waals surface area contributed by atoms with E-state index in [0.717, 1.165) is 50.5 Å². The molecule has 1 aromatic carbocycles. The number of nitrogens with one attached hydrogen (secondary N) is 1. The summed E-state index contributed by atoms with van der Waals surface area (Å²) < 4.78 is 1.59. The van der Waals surface area contributed by atoms with E-state index < -0.39 is 17.4 Å². The fraction of sp³-hybridized carbons (Fsp3) is 0.357. The molecule has 0 radical (unpaired) electrons. The number of hydrogen-bond donors (Lipinski definition) is 6. The van der Waals surface area contributed by atoms with Crippen molar-refractivity contribution >= 4 is 46.8 Å². The molecular weight excluding hydrogens is 578 g/mol. The van der Waals surface area contributed by atoms with E-state index in [2.05, 4.69) is 15.3 Å². The molecule has 2 aliphatic rings. The lowest BCUT2D eigenvalue weighted by atomic mass is 9.74. The Kier molecular flexibility index (Phi) is 9.86. The van der Waals surface area contributed by atoms with E-state index in [9.17, 15) is 14.7 Å². The maximum Gasteiger partial charge on any atom is 0.287 e. The minimum Gasteiger partial charge on any atom is -0.515 e. The van der Waals surface area contributed by atoms with E-state index in [1.807, 2.05) is 4.90 Å². The average Bonchev–Trinajstić information content (AvgIpc) is 3.31. The van der Waals surface area contributed by atoms with Gasteiger partial charge >= 0.3 is 0 Å². The molecule has 42 heavy (non-hydrogen) atoms. The number of aliphatic hydroxyl groups excluding tert-OH is 1. The van der Waals surface area contributed by atoms with Crippen molar-refractivity contribution in [1.29, 1.82) is 0 Å². The van der Waals surface area contributed by atoms with Gasteiger partial charge in [-0.15, -0.1) is 0 Å². The number of aryl methyl sites for hydroxylation is 1. The Morgan fingerprint density at radius 3 is 2.52 bits per heavy atom. The Hall–Kier alpha value is -3.94. The lowest BCUT2D eigenvalue weighted by Crippen LogP contribution is -2.50. The number of likely N-dealkylation sites (tertiary alicyclic amines) is 1. The van der Waals surface area contributed by atoms with Crippen LogP contribution in [-0.2, 0) is 16.6 Å². The van der Waals surface area contributed by atoms with Crippen molar-refractivity contribution in [3.05, 3.63) is 75.8 Å². The molecule has 1 aliphatic heterocycles. The van der Waals surface area contributed by atoms with Crippen molar-refractivity contribution < 1.29 is 14.7 Å². The van der Waals surface area contributed by atoms with Crippen LogP contribution in [0.4, 0.5) is 5.69 Å². The first-order chi connectivity index (χ1) is 20.0. The first-order valence-electron chi connectivity index (χ1n) is 13.5. The van der Waals surface area contributed by atoms with E-state index in [1.54, 1.807) is 48.1 Å². The van der Waals surface area contributed by atoms with Crippen LogP contribution in [0.1, 0.15) is 32.1 Å². The van der Waals surface area contributed by atoms with Crippen LogP contribution in [0.3, 0.4) is 0 Å². The molecule has 2 aromatic rings. The normalized spacial score (nSPS) is 20.0. The van der Waals surface area contributed by atoms with Crippen molar-refractivity contribution in [2.24, 2.45) is 45.4 Å². The predicted octanol–water partition coefficient (Wildman–Crippen LogP) is 2.23. The SMILES string of the molecule is Cn1ccccc1=NC(=O)C(=CO)C(=O)Nc1cccc(S/C(N)=C(\N)N=C(N)N2CCC3(CCC[C@H]3N)CC2)c1Cl. The second-order valence-electron chi connectivity index (χ2n) is 10.4. The van der Waals surface area contributed by atoms with Crippen LogP contribution in [0.15, 0.2) is 80.2 Å². The number of carbonyl (C=O) groups excluding carboxylic acids is 2. The number of benzene rings is 1. The van der Waals surface area contributed by atoms with Gasteiger partial charge in [-0.25, -0.2) is 0 Å². The van der Waals surface area contributed by atoms with Gasteiger partial charge in [0.2, 0.25) is 0 Å². The quantitative estimate of drug-likeness (QED) is 0.0537. The Morgan fingerprint density at radius 2 is 1.88 bits per heavy atom. The number of amides is 2. The first kappa shape index (κ1) is 31.0. The van der Waals surface area contributed by atoms with Crippen molar-refractivity contribution in [3.63, 3.8) is 0 Å². The standard InChI is InChI=1S/C28H36ClN9O3S/c1-37-13-3-2-9-21(37)35-26(41)17(16-39)25(40)34-18-6-4-7-19(22(18)29)42-24(32)23(31)36-27(33)38-14-11-28(12-15-38)10-5-8-20(28)30/h2-4,6-7,9,13,16,20,39H,5,8,10-12,14-15,30-32H2,1H3,(H2,33,36)(H,34,40)/b17-16?,24-23+,35-21?/t20-/m1/s1. The molecule has 2 fully saturated rings. The topological polar surface area (TPSA) is 203 Å². The van der Waals surface area contributed by atoms with Crippen molar-refractivity contribution in [3.8, 4) is 0 Å². The van der Waals surface area contributed by atoms with Crippen LogP contribution < -0.4 is 33.7 Å². The number of piperidine rings is 1. The number of nitrogens with zero attached hydrogens (tertiary/aromatic N) is 4. The smallest absolute Gasteiger partial charge is 0.287 e. The molecule has 10 N–H and O–H groups in total. The number of halogens is 1. The minimum atomic E-state index is -0.927. The molecule has 1 aromatic heterocycles. The van der Waals surface area contributed by atoms with Crippen molar-refractivity contribution in [1.82, 2.24) is 9.47 Å². The van der Waals surface area contributed by atoms with Crippen molar-refractivity contribution in [2.75, 3.05) is 18.4 Å². The predicted molar refractivity (Wildman–Crippen MR) is 165 cm³/mol. The summed E-state index contributed by atoms with van der Waals surface area (Å²) >= 11 is 7.60. The van der Waals surface area contributed by atoms with Crippen LogP contribution in [0.5, 0.6) is 0 Å². The van der Waals surface area contributed by atoms with Gasteiger partial charge in [-0.3, -0.25) is 9.59 Å². The summed E-state index contributed by atoms with van der Waals surface area (Å²) in [5.41, 5.74) is 25.2. The molecule has 2 amide bonds. The molecule has 4 rings (SSSR count). The van der Waals surface area contributed by atoms with Gasteiger partial charge < -0.3 is 42.8 Å². The number of anilines is 1. The molecule has 12 nitrogen and oxygen atoms in total. The van der Waals surface area contributed by atoms with Gasteiger partial charge in [-0.05, 0) is 55.4 Å². The third-order valence-electron chi connectivity index (χ3n) is 7.83. The van der Waals surface area contributed by atoms with E-state index in [1.165, 1.54) is 12.5 Å². The van der Waals surface area contributed by atoms with Gasteiger partial charge in [-0.1, -0.05) is 41.9 Å². The maximum atomic E-state index is 12.8. The number of aromatic nitrogens is 1. The number of hydrogen-bond acceptors (Lipinski definition) is 8. The molecule has 14 heteroatoms. The van der Waals surface area contributed by atoms with Crippen LogP contribution in [0.2, 0.25) is 5.02 Å². The third kappa shape index (κ3) is 6.92. The highest BCUT2D eigenvalue weighted by molar-refractivity contribution is 8.03. The number of guanidine groups is 1. The minimum absolute atomic E-state index is 0.0349. The summed E-state index contributed by atoms with van der Waals surface area (Å²) in [5, 5.41) is 12.5. The fourth-order valence-electron chi connectivity index (χ4n) is 5.27. The Bertz CT molecular complexity index is 1510. The highest BCUT2D eigenvalue weighted by atomic mass is 35.5. The summed E-state index contributed by atoms with van der Waals surface area (Å²) in [6.45, 7) is 1.50. The number of nitrogens with two attached hydrogens (primary N) is 4. The van der Waals surface area contributed by atoms with E-state index in [-0.39, 0.29) is 39.0 Å². The average molecular weight is 614 g/mol. The van der Waals surface area contributed by atoms with Crippen LogP contribution in [0.25, 0.3) is 0 Å². The lowest BCUT2D eigenvalue weighted by Gasteiger charge is -2.42. The number of aliphatic hydroxyl groups is 1. The number of pyridine rings is 1. The Balaban J connectivity index is 1.43. The molecule has 1 aliphatic carbocycles. The van der Waals surface area contributed by atoms with Gasteiger partial charge in [0.1, 0.15) is 16.1 Å². The fourth-order valence-corrected chi connectivity index (χ4v) is 6.29.